The van der Waals surface area contributed by atoms with Crippen LogP contribution in [0.4, 0.5) is 10.5 Å². The lowest BCUT2D eigenvalue weighted by atomic mass is 10.1. The van der Waals surface area contributed by atoms with Gasteiger partial charge in [-0.2, -0.15) is 0 Å². The lowest BCUT2D eigenvalue weighted by molar-refractivity contribution is 0.0528. The van der Waals surface area contributed by atoms with Crippen LogP contribution in [0.5, 0.6) is 11.5 Å². The minimum atomic E-state index is -1.15. The van der Waals surface area contributed by atoms with Gasteiger partial charge in [-0.05, 0) is 33.0 Å². The van der Waals surface area contributed by atoms with E-state index in [1.165, 1.54) is 26.4 Å². The third kappa shape index (κ3) is 7.57. The molecule has 0 atom stereocenters. The number of ether oxygens (including phenoxy) is 3. The molecular formula is C17H25N3O6S. The first kappa shape index (κ1) is 22.3. The molecule has 1 amide bonds. The largest absolute Gasteiger partial charge is 0.493 e. The smallest absolute Gasteiger partial charge is 0.407 e. The Morgan fingerprint density at radius 3 is 2.15 bits per heavy atom. The van der Waals surface area contributed by atoms with E-state index in [1.54, 1.807) is 20.8 Å². The van der Waals surface area contributed by atoms with Gasteiger partial charge in [-0.3, -0.25) is 0 Å². The molecule has 1 rings (SSSR count). The molecule has 0 heterocycles. The van der Waals surface area contributed by atoms with Gasteiger partial charge in [0.1, 0.15) is 5.60 Å². The van der Waals surface area contributed by atoms with Crippen LogP contribution in [0, 0.1) is 0 Å². The van der Waals surface area contributed by atoms with Gasteiger partial charge in [0.15, 0.2) is 16.6 Å². The van der Waals surface area contributed by atoms with E-state index in [4.69, 9.17) is 26.4 Å². The van der Waals surface area contributed by atoms with Crippen LogP contribution >= 0.6 is 12.2 Å². The average Bonchev–Trinajstić information content (AvgIpc) is 2.56. The van der Waals surface area contributed by atoms with Crippen molar-refractivity contribution in [2.75, 3.05) is 32.6 Å². The molecule has 0 aliphatic carbocycles. The van der Waals surface area contributed by atoms with E-state index in [1.807, 2.05) is 0 Å². The van der Waals surface area contributed by atoms with Crippen molar-refractivity contribution in [2.45, 2.75) is 26.4 Å². The molecule has 9 nitrogen and oxygen atoms in total. The van der Waals surface area contributed by atoms with Crippen LogP contribution in [-0.4, -0.2) is 55.2 Å². The monoisotopic (exact) mass is 399 g/mol. The minimum absolute atomic E-state index is 0.0244. The summed E-state index contributed by atoms with van der Waals surface area (Å²) in [6.07, 6.45) is -0.531. The normalized spacial score (nSPS) is 10.6. The van der Waals surface area contributed by atoms with Crippen molar-refractivity contribution in [3.8, 4) is 11.5 Å². The number of aromatic carboxylic acids is 1. The van der Waals surface area contributed by atoms with Gasteiger partial charge in [-0.25, -0.2) is 9.59 Å². The fourth-order valence-corrected chi connectivity index (χ4v) is 2.19. The van der Waals surface area contributed by atoms with Gasteiger partial charge in [0.2, 0.25) is 0 Å². The number of hydrogen-bond acceptors (Lipinski definition) is 6. The molecule has 0 unspecified atom stereocenters. The number of thiocarbonyl (C=S) groups is 1. The summed E-state index contributed by atoms with van der Waals surface area (Å²) in [6, 6.07) is 2.82. The lowest BCUT2D eigenvalue weighted by Gasteiger charge is -2.20. The van der Waals surface area contributed by atoms with Gasteiger partial charge in [0.25, 0.3) is 0 Å². The minimum Gasteiger partial charge on any atom is -0.493 e. The highest BCUT2D eigenvalue weighted by Crippen LogP contribution is 2.33. The van der Waals surface area contributed by atoms with E-state index < -0.39 is 17.7 Å². The van der Waals surface area contributed by atoms with Crippen LogP contribution in [0.25, 0.3) is 0 Å². The van der Waals surface area contributed by atoms with Crippen molar-refractivity contribution >= 4 is 35.1 Å². The molecule has 27 heavy (non-hydrogen) atoms. The standard InChI is InChI=1S/C17H25N3O6S/c1-17(2,3)26-16(23)19-7-6-18-15(27)20-11-9-13(25-5)12(24-4)8-10(11)14(21)22/h8-9H,6-7H2,1-5H3,(H,19,23)(H,21,22)(H2,18,20,27). The number of benzene rings is 1. The average molecular weight is 399 g/mol. The second-order valence-corrected chi connectivity index (χ2v) is 6.78. The maximum absolute atomic E-state index is 11.5. The molecule has 0 spiro atoms. The molecule has 0 aliphatic rings. The number of amides is 1. The summed E-state index contributed by atoms with van der Waals surface area (Å²) in [4.78, 5) is 23.0. The van der Waals surface area contributed by atoms with E-state index in [0.717, 1.165) is 0 Å². The molecule has 0 saturated carbocycles. The van der Waals surface area contributed by atoms with Crippen molar-refractivity contribution < 1.29 is 28.9 Å². The van der Waals surface area contributed by atoms with Crippen molar-refractivity contribution in [1.29, 1.82) is 0 Å². The topological polar surface area (TPSA) is 118 Å². The number of methoxy groups -OCH3 is 2. The summed E-state index contributed by atoms with van der Waals surface area (Å²) in [5.74, 6) is -0.492. The highest BCUT2D eigenvalue weighted by molar-refractivity contribution is 7.80. The molecule has 10 heteroatoms. The maximum atomic E-state index is 11.5. The first-order valence-electron chi connectivity index (χ1n) is 8.08. The third-order valence-corrected chi connectivity index (χ3v) is 3.33. The highest BCUT2D eigenvalue weighted by atomic mass is 32.1. The van der Waals surface area contributed by atoms with Gasteiger partial charge < -0.3 is 35.3 Å². The maximum Gasteiger partial charge on any atom is 0.407 e. The number of nitrogens with one attached hydrogen (secondary N) is 3. The number of carbonyl (C=O) groups is 2. The van der Waals surface area contributed by atoms with Gasteiger partial charge in [-0.15, -0.1) is 0 Å². The molecule has 0 bridgehead atoms. The fraction of sp³-hybridized carbons (Fsp3) is 0.471. The number of hydrogen-bond donors (Lipinski definition) is 4. The Morgan fingerprint density at radius 2 is 1.63 bits per heavy atom. The van der Waals surface area contributed by atoms with Crippen molar-refractivity contribution in [3.05, 3.63) is 17.7 Å². The van der Waals surface area contributed by atoms with Crippen molar-refractivity contribution in [2.24, 2.45) is 0 Å². The van der Waals surface area contributed by atoms with Gasteiger partial charge in [-0.1, -0.05) is 0 Å². The van der Waals surface area contributed by atoms with Crippen LogP contribution in [0.2, 0.25) is 0 Å². The molecule has 0 aromatic heterocycles. The van der Waals surface area contributed by atoms with Crippen molar-refractivity contribution in [3.63, 3.8) is 0 Å². The van der Waals surface area contributed by atoms with Crippen LogP contribution in [0.3, 0.4) is 0 Å². The number of carboxylic acid groups (broad SMARTS) is 1. The zero-order valence-corrected chi connectivity index (χ0v) is 16.8. The van der Waals surface area contributed by atoms with Gasteiger partial charge >= 0.3 is 12.1 Å². The summed E-state index contributed by atoms with van der Waals surface area (Å²) in [5.41, 5.74) is -0.351. The molecule has 0 aliphatic heterocycles. The van der Waals surface area contributed by atoms with Crippen molar-refractivity contribution in [1.82, 2.24) is 10.6 Å². The van der Waals surface area contributed by atoms with E-state index in [9.17, 15) is 14.7 Å². The van der Waals surface area contributed by atoms with E-state index in [-0.39, 0.29) is 22.9 Å². The highest BCUT2D eigenvalue weighted by Gasteiger charge is 2.17. The Morgan fingerprint density at radius 1 is 1.07 bits per heavy atom. The zero-order chi connectivity index (χ0) is 20.6. The SMILES string of the molecule is COc1cc(NC(=S)NCCNC(=O)OC(C)(C)C)c(C(=O)O)cc1OC. The molecule has 0 fully saturated rings. The van der Waals surface area contributed by atoms with E-state index in [0.29, 0.717) is 18.0 Å². The zero-order valence-electron chi connectivity index (χ0n) is 16.0. The molecule has 0 saturated heterocycles. The Balaban J connectivity index is 2.64. The Bertz CT molecular complexity index is 703. The number of rotatable bonds is 7. The Labute approximate surface area is 163 Å². The van der Waals surface area contributed by atoms with E-state index >= 15 is 0 Å². The summed E-state index contributed by atoms with van der Waals surface area (Å²) in [6.45, 7) is 5.91. The van der Waals surface area contributed by atoms with Crippen LogP contribution in [0.15, 0.2) is 12.1 Å². The predicted molar refractivity (Wildman–Crippen MR) is 105 cm³/mol. The summed E-state index contributed by atoms with van der Waals surface area (Å²) >= 11 is 5.16. The molecule has 1 aromatic rings. The predicted octanol–water partition coefficient (Wildman–Crippen LogP) is 2.21. The van der Waals surface area contributed by atoms with E-state index in [2.05, 4.69) is 16.0 Å². The number of anilines is 1. The lowest BCUT2D eigenvalue weighted by Crippen LogP contribution is -2.39. The summed E-state index contributed by atoms with van der Waals surface area (Å²) in [7, 11) is 2.86. The Kier molecular flexibility index (Phi) is 8.10. The van der Waals surface area contributed by atoms with Gasteiger partial charge in [0, 0.05) is 25.2 Å². The first-order chi connectivity index (χ1) is 12.6. The van der Waals surface area contributed by atoms with Crippen LogP contribution in [-0.2, 0) is 4.74 Å². The summed E-state index contributed by atoms with van der Waals surface area (Å²) in [5, 5.41) is 17.8. The number of alkyl carbamates (subject to hydrolysis) is 1. The second kappa shape index (κ2) is 9.81. The molecule has 1 aromatic carbocycles. The second-order valence-electron chi connectivity index (χ2n) is 6.37. The molecule has 4 N–H and O–H groups in total. The first-order valence-corrected chi connectivity index (χ1v) is 8.49. The fourth-order valence-electron chi connectivity index (χ4n) is 1.98. The number of carboxylic acids is 1. The van der Waals surface area contributed by atoms with Gasteiger partial charge in [0.05, 0.1) is 25.5 Å². The summed E-state index contributed by atoms with van der Waals surface area (Å²) < 4.78 is 15.4. The molecule has 0 radical (unpaired) electrons. The third-order valence-electron chi connectivity index (χ3n) is 3.08. The quantitative estimate of drug-likeness (QED) is 0.404. The van der Waals surface area contributed by atoms with Crippen LogP contribution < -0.4 is 25.4 Å². The van der Waals surface area contributed by atoms with Crippen LogP contribution in [0.1, 0.15) is 31.1 Å². The molecule has 150 valence electrons. The number of carbonyl (C=O) groups excluding carboxylic acids is 1. The Hall–Kier alpha value is -2.75. The molecular weight excluding hydrogens is 374 g/mol.